The van der Waals surface area contributed by atoms with E-state index < -0.39 is 23.9 Å². The van der Waals surface area contributed by atoms with Crippen molar-refractivity contribution >= 4 is 17.7 Å². The molecule has 0 spiro atoms. The third-order valence-corrected chi connectivity index (χ3v) is 7.66. The molecule has 1 saturated carbocycles. The Balaban J connectivity index is 1.28. The van der Waals surface area contributed by atoms with Crippen LogP contribution in [-0.4, -0.2) is 68.2 Å². The first-order valence-electron chi connectivity index (χ1n) is 14.2. The first-order valence-corrected chi connectivity index (χ1v) is 14.2. The van der Waals surface area contributed by atoms with Crippen LogP contribution in [0.2, 0.25) is 0 Å². The maximum Gasteiger partial charge on any atom is 0.258 e. The number of amides is 3. The van der Waals surface area contributed by atoms with Crippen LogP contribution in [0, 0.1) is 11.7 Å². The minimum Gasteiger partial charge on any atom is -0.494 e. The van der Waals surface area contributed by atoms with Crippen molar-refractivity contribution in [3.8, 4) is 23.0 Å². The fourth-order valence-corrected chi connectivity index (χ4v) is 5.05. The van der Waals surface area contributed by atoms with E-state index in [1.807, 2.05) is 12.1 Å². The number of carbonyl (C=O) groups is 3. The molecule has 3 aromatic rings. The van der Waals surface area contributed by atoms with E-state index in [1.165, 1.54) is 25.3 Å². The lowest BCUT2D eigenvalue weighted by molar-refractivity contribution is -0.123. The highest BCUT2D eigenvalue weighted by Crippen LogP contribution is 2.31. The van der Waals surface area contributed by atoms with Gasteiger partial charge in [-0.25, -0.2) is 4.39 Å². The van der Waals surface area contributed by atoms with Gasteiger partial charge in [0, 0.05) is 30.3 Å². The van der Waals surface area contributed by atoms with Crippen LogP contribution >= 0.6 is 0 Å². The first kappa shape index (κ1) is 28.3. The monoisotopic (exact) mass is 589 g/mol. The van der Waals surface area contributed by atoms with E-state index in [4.69, 9.17) is 18.9 Å². The van der Waals surface area contributed by atoms with Crippen molar-refractivity contribution in [2.24, 2.45) is 5.92 Å². The molecule has 3 aromatic carbocycles. The molecule has 43 heavy (non-hydrogen) atoms. The molecule has 2 N–H and O–H groups in total. The Morgan fingerprint density at radius 3 is 2.60 bits per heavy atom. The maximum absolute atomic E-state index is 14.0. The number of rotatable bonds is 5. The lowest BCUT2D eigenvalue weighted by atomic mass is 10.1. The molecule has 0 unspecified atom stereocenters. The van der Waals surface area contributed by atoms with Gasteiger partial charge in [0.1, 0.15) is 23.4 Å². The van der Waals surface area contributed by atoms with Crippen LogP contribution in [0.5, 0.6) is 23.0 Å². The van der Waals surface area contributed by atoms with Gasteiger partial charge in [0.15, 0.2) is 18.2 Å². The second-order valence-electron chi connectivity index (χ2n) is 11.0. The Labute approximate surface area is 248 Å². The average molecular weight is 590 g/mol. The summed E-state index contributed by atoms with van der Waals surface area (Å²) in [7, 11) is 1.34. The number of likely N-dealkylation sites (tertiary alicyclic amines) is 1. The molecule has 2 atom stereocenters. The molecule has 0 aromatic heterocycles. The summed E-state index contributed by atoms with van der Waals surface area (Å²) >= 11 is 0. The molecule has 3 heterocycles. The standard InChI is InChI=1S/C32H32FN3O7/c1-40-28-12-21(6-9-26(28)33)32(39)36-15-27-29(16-36)43-23-7-4-19(5-8-23)14-34-30(37)18-42-25-11-22(31(38)35-27)10-24(13-25)41-17-20-2-3-20/h4-13,20,27,29H,2-3,14-18H2,1H3,(H,34,37)(H,35,38)/t27-,29-/m0/s1. The van der Waals surface area contributed by atoms with E-state index >= 15 is 0 Å². The van der Waals surface area contributed by atoms with Crippen molar-refractivity contribution in [3.05, 3.63) is 83.2 Å². The lowest BCUT2D eigenvalue weighted by Crippen LogP contribution is -2.45. The molecule has 1 aliphatic carbocycles. The highest BCUT2D eigenvalue weighted by molar-refractivity contribution is 5.96. The molecule has 11 heteroatoms. The van der Waals surface area contributed by atoms with E-state index in [9.17, 15) is 18.8 Å². The molecule has 2 fully saturated rings. The van der Waals surface area contributed by atoms with Gasteiger partial charge in [-0.05, 0) is 66.8 Å². The molecule has 3 aliphatic heterocycles. The number of nitrogens with zero attached hydrogens (tertiary/aromatic N) is 1. The van der Waals surface area contributed by atoms with Gasteiger partial charge in [0.2, 0.25) is 0 Å². The van der Waals surface area contributed by atoms with Crippen molar-refractivity contribution in [2.75, 3.05) is 33.4 Å². The first-order chi connectivity index (χ1) is 20.8. The van der Waals surface area contributed by atoms with E-state index in [0.717, 1.165) is 18.4 Å². The lowest BCUT2D eigenvalue weighted by Gasteiger charge is -2.21. The topological polar surface area (TPSA) is 115 Å². The minimum atomic E-state index is -0.582. The highest BCUT2D eigenvalue weighted by atomic mass is 19.1. The van der Waals surface area contributed by atoms with E-state index in [2.05, 4.69) is 10.6 Å². The smallest absolute Gasteiger partial charge is 0.258 e. The Hall–Kier alpha value is -4.80. The SMILES string of the molecule is COc1cc(C(=O)N2C[C@@H]3NC(=O)c4cc(cc(OCC5CC5)c4)OCC(=O)NCc4ccc(cc4)O[C@H]3C2)ccc1F. The zero-order chi connectivity index (χ0) is 29.9. The summed E-state index contributed by atoms with van der Waals surface area (Å²) in [6.07, 6.45) is 1.63. The number of ether oxygens (including phenoxy) is 4. The van der Waals surface area contributed by atoms with Gasteiger partial charge in [-0.1, -0.05) is 12.1 Å². The molecule has 224 valence electrons. The molecule has 3 amide bonds. The molecular weight excluding hydrogens is 557 g/mol. The fourth-order valence-electron chi connectivity index (χ4n) is 5.05. The molecule has 4 aliphatic rings. The Morgan fingerprint density at radius 1 is 1.02 bits per heavy atom. The zero-order valence-electron chi connectivity index (χ0n) is 23.6. The van der Waals surface area contributed by atoms with E-state index in [1.54, 1.807) is 35.2 Å². The van der Waals surface area contributed by atoms with Gasteiger partial charge in [-0.3, -0.25) is 14.4 Å². The van der Waals surface area contributed by atoms with Crippen LogP contribution in [0.1, 0.15) is 39.1 Å². The third kappa shape index (κ3) is 6.82. The van der Waals surface area contributed by atoms with Gasteiger partial charge in [0.05, 0.1) is 26.3 Å². The van der Waals surface area contributed by atoms with Crippen molar-refractivity contribution < 1.29 is 37.7 Å². The molecule has 4 bridgehead atoms. The number of carbonyl (C=O) groups excluding carboxylic acids is 3. The summed E-state index contributed by atoms with van der Waals surface area (Å²) < 4.78 is 37.0. The minimum absolute atomic E-state index is 0.0334. The predicted molar refractivity (Wildman–Crippen MR) is 153 cm³/mol. The fraction of sp³-hybridized carbons (Fsp3) is 0.344. The summed E-state index contributed by atoms with van der Waals surface area (Å²) in [4.78, 5) is 41.1. The summed E-state index contributed by atoms with van der Waals surface area (Å²) in [6.45, 7) is 0.941. The number of hydrogen-bond donors (Lipinski definition) is 2. The quantitative estimate of drug-likeness (QED) is 0.469. The van der Waals surface area contributed by atoms with Gasteiger partial charge >= 0.3 is 0 Å². The second-order valence-corrected chi connectivity index (χ2v) is 11.0. The third-order valence-electron chi connectivity index (χ3n) is 7.66. The van der Waals surface area contributed by atoms with Crippen molar-refractivity contribution in [3.63, 3.8) is 0 Å². The molecule has 10 nitrogen and oxygen atoms in total. The average Bonchev–Trinajstić information content (AvgIpc) is 3.77. The number of halogens is 1. The summed E-state index contributed by atoms with van der Waals surface area (Å²) in [5.41, 5.74) is 1.40. The van der Waals surface area contributed by atoms with Crippen LogP contribution in [-0.2, 0) is 11.3 Å². The van der Waals surface area contributed by atoms with Crippen LogP contribution in [0.15, 0.2) is 60.7 Å². The van der Waals surface area contributed by atoms with Crippen LogP contribution in [0.4, 0.5) is 4.39 Å². The second kappa shape index (κ2) is 12.2. The summed E-state index contributed by atoms with van der Waals surface area (Å²) in [6, 6.07) is 15.4. The number of benzene rings is 3. The largest absolute Gasteiger partial charge is 0.494 e. The normalized spacial score (nSPS) is 20.2. The van der Waals surface area contributed by atoms with Gasteiger partial charge in [0.25, 0.3) is 17.7 Å². The number of methoxy groups -OCH3 is 1. The molecule has 0 radical (unpaired) electrons. The van der Waals surface area contributed by atoms with E-state index in [-0.39, 0.29) is 48.4 Å². The number of hydrogen-bond acceptors (Lipinski definition) is 7. The van der Waals surface area contributed by atoms with Crippen molar-refractivity contribution in [2.45, 2.75) is 31.5 Å². The number of nitrogens with one attached hydrogen (secondary N) is 2. The van der Waals surface area contributed by atoms with E-state index in [0.29, 0.717) is 36.3 Å². The summed E-state index contributed by atoms with van der Waals surface area (Å²) in [5.74, 6) is 0.159. The highest BCUT2D eigenvalue weighted by Gasteiger charge is 2.38. The van der Waals surface area contributed by atoms with Gasteiger partial charge in [-0.15, -0.1) is 0 Å². The summed E-state index contributed by atoms with van der Waals surface area (Å²) in [5, 5.41) is 5.84. The molecule has 7 rings (SSSR count). The Morgan fingerprint density at radius 2 is 1.84 bits per heavy atom. The molecular formula is C32H32FN3O7. The van der Waals surface area contributed by atoms with Gasteiger partial charge in [-0.2, -0.15) is 0 Å². The number of fused-ring (bicyclic) bond motifs is 7. The Bertz CT molecular complexity index is 1530. The zero-order valence-corrected chi connectivity index (χ0v) is 23.6. The van der Waals surface area contributed by atoms with Crippen LogP contribution in [0.3, 0.4) is 0 Å². The predicted octanol–water partition coefficient (Wildman–Crippen LogP) is 3.33. The van der Waals surface area contributed by atoms with Crippen molar-refractivity contribution in [1.29, 1.82) is 0 Å². The Kier molecular flexibility index (Phi) is 8.04. The van der Waals surface area contributed by atoms with Gasteiger partial charge < -0.3 is 34.5 Å². The van der Waals surface area contributed by atoms with Crippen LogP contribution in [0.25, 0.3) is 0 Å². The van der Waals surface area contributed by atoms with Crippen LogP contribution < -0.4 is 29.6 Å². The molecule has 1 saturated heterocycles. The maximum atomic E-state index is 14.0. The van der Waals surface area contributed by atoms with Crippen molar-refractivity contribution in [1.82, 2.24) is 15.5 Å².